The smallest absolute Gasteiger partial charge is 0.234 e. The van der Waals surface area contributed by atoms with Crippen LogP contribution in [0.15, 0.2) is 22.7 Å². The third-order valence-electron chi connectivity index (χ3n) is 3.99. The summed E-state index contributed by atoms with van der Waals surface area (Å²) in [5.74, 6) is 0.742. The van der Waals surface area contributed by atoms with Crippen LogP contribution in [0.5, 0.6) is 5.75 Å². The van der Waals surface area contributed by atoms with Crippen LogP contribution in [0.2, 0.25) is 0 Å². The van der Waals surface area contributed by atoms with E-state index >= 15 is 0 Å². The highest BCUT2D eigenvalue weighted by molar-refractivity contribution is 5.57. The molecule has 3 rings (SSSR count). The summed E-state index contributed by atoms with van der Waals surface area (Å²) in [5, 5.41) is 3.97. The molecule has 106 valence electrons. The maximum absolute atomic E-state index is 13.4. The van der Waals surface area contributed by atoms with E-state index in [0.717, 1.165) is 19.3 Å². The molecule has 0 bridgehead atoms. The molecule has 0 atom stereocenters. The Kier molecular flexibility index (Phi) is 3.17. The minimum Gasteiger partial charge on any atom is -0.494 e. The second-order valence-corrected chi connectivity index (χ2v) is 5.11. The first-order chi connectivity index (χ1) is 9.68. The molecule has 1 fully saturated rings. The van der Waals surface area contributed by atoms with E-state index in [1.165, 1.54) is 13.2 Å². The molecular weight excluding hydrogens is 261 g/mol. The number of hydrogen-bond donors (Lipinski definition) is 1. The van der Waals surface area contributed by atoms with E-state index in [4.69, 9.17) is 15.0 Å². The van der Waals surface area contributed by atoms with Gasteiger partial charge in [-0.3, -0.25) is 0 Å². The highest BCUT2D eigenvalue weighted by Crippen LogP contribution is 2.42. The Morgan fingerprint density at radius 2 is 2.25 bits per heavy atom. The third kappa shape index (κ3) is 1.96. The number of halogens is 1. The van der Waals surface area contributed by atoms with Gasteiger partial charge in [-0.2, -0.15) is 4.98 Å². The van der Waals surface area contributed by atoms with E-state index in [9.17, 15) is 4.39 Å². The number of nitrogens with two attached hydrogens (primary N) is 1. The zero-order valence-electron chi connectivity index (χ0n) is 11.2. The molecule has 0 amide bonds. The zero-order chi connectivity index (χ0) is 14.2. The van der Waals surface area contributed by atoms with Gasteiger partial charge in [-0.25, -0.2) is 4.39 Å². The van der Waals surface area contributed by atoms with E-state index < -0.39 is 5.82 Å². The quantitative estimate of drug-likeness (QED) is 0.927. The summed E-state index contributed by atoms with van der Waals surface area (Å²) < 4.78 is 23.7. The van der Waals surface area contributed by atoms with Crippen LogP contribution in [0.1, 0.15) is 25.2 Å². The molecule has 0 aliphatic heterocycles. The molecule has 2 N–H and O–H groups in total. The zero-order valence-corrected chi connectivity index (χ0v) is 11.2. The molecule has 0 spiro atoms. The summed E-state index contributed by atoms with van der Waals surface area (Å²) in [6, 6.07) is 4.48. The number of methoxy groups -OCH3 is 1. The fraction of sp³-hybridized carbons (Fsp3) is 0.429. The molecule has 1 aliphatic carbocycles. The summed E-state index contributed by atoms with van der Waals surface area (Å²) in [6.45, 7) is 0.501. The predicted molar refractivity (Wildman–Crippen MR) is 70.8 cm³/mol. The van der Waals surface area contributed by atoms with E-state index in [1.807, 2.05) is 0 Å². The standard InChI is InChI=1S/C14H16FN3O2/c1-19-11-7-9(3-4-10(11)15)12-17-13(20-18-12)14(8-16)5-2-6-14/h3-4,7H,2,5-6,8,16H2,1H3. The molecule has 6 heteroatoms. The van der Waals surface area contributed by atoms with Gasteiger partial charge < -0.3 is 15.0 Å². The summed E-state index contributed by atoms with van der Waals surface area (Å²) in [6.07, 6.45) is 3.06. The second-order valence-electron chi connectivity index (χ2n) is 5.11. The summed E-state index contributed by atoms with van der Waals surface area (Å²) >= 11 is 0. The van der Waals surface area contributed by atoms with Gasteiger partial charge in [0.15, 0.2) is 11.6 Å². The Labute approximate surface area is 115 Å². The van der Waals surface area contributed by atoms with Crippen molar-refractivity contribution in [2.75, 3.05) is 13.7 Å². The van der Waals surface area contributed by atoms with Crippen molar-refractivity contribution in [1.82, 2.24) is 10.1 Å². The highest BCUT2D eigenvalue weighted by atomic mass is 19.1. The van der Waals surface area contributed by atoms with Crippen LogP contribution in [0, 0.1) is 5.82 Å². The maximum atomic E-state index is 13.4. The monoisotopic (exact) mass is 277 g/mol. The Bertz CT molecular complexity index is 617. The van der Waals surface area contributed by atoms with Crippen LogP contribution in [0.3, 0.4) is 0 Å². The molecular formula is C14H16FN3O2. The number of rotatable bonds is 4. The average molecular weight is 277 g/mol. The van der Waals surface area contributed by atoms with Crippen molar-refractivity contribution in [2.45, 2.75) is 24.7 Å². The van der Waals surface area contributed by atoms with E-state index in [1.54, 1.807) is 12.1 Å². The number of nitrogens with zero attached hydrogens (tertiary/aromatic N) is 2. The SMILES string of the molecule is COc1cc(-c2noc(C3(CN)CCC3)n2)ccc1F. The molecule has 1 aliphatic rings. The molecule has 5 nitrogen and oxygen atoms in total. The molecule has 0 unspecified atom stereocenters. The lowest BCUT2D eigenvalue weighted by atomic mass is 9.69. The molecule has 2 aromatic rings. The summed E-state index contributed by atoms with van der Waals surface area (Å²) in [5.41, 5.74) is 6.30. The van der Waals surface area contributed by atoms with E-state index in [-0.39, 0.29) is 11.2 Å². The van der Waals surface area contributed by atoms with Gasteiger partial charge in [0.1, 0.15) is 0 Å². The average Bonchev–Trinajstić information content (AvgIpc) is 2.89. The molecule has 1 heterocycles. The number of hydrogen-bond acceptors (Lipinski definition) is 5. The van der Waals surface area contributed by atoms with Crippen molar-refractivity contribution in [3.63, 3.8) is 0 Å². The highest BCUT2D eigenvalue weighted by Gasteiger charge is 2.42. The van der Waals surface area contributed by atoms with Crippen LogP contribution < -0.4 is 10.5 Å². The Morgan fingerprint density at radius 3 is 2.85 bits per heavy atom. The number of benzene rings is 1. The maximum Gasteiger partial charge on any atom is 0.234 e. The van der Waals surface area contributed by atoms with Crippen molar-refractivity contribution >= 4 is 0 Å². The lowest BCUT2D eigenvalue weighted by Crippen LogP contribution is -2.41. The number of aromatic nitrogens is 2. The van der Waals surface area contributed by atoms with Crippen molar-refractivity contribution in [3.05, 3.63) is 29.9 Å². The van der Waals surface area contributed by atoms with Gasteiger partial charge in [0.25, 0.3) is 0 Å². The molecule has 1 saturated carbocycles. The minimum absolute atomic E-state index is 0.158. The normalized spacial score (nSPS) is 16.8. The van der Waals surface area contributed by atoms with Crippen LogP contribution in [0.4, 0.5) is 4.39 Å². The Hall–Kier alpha value is -1.95. The third-order valence-corrected chi connectivity index (χ3v) is 3.99. The first-order valence-corrected chi connectivity index (χ1v) is 6.57. The lowest BCUT2D eigenvalue weighted by Gasteiger charge is -2.36. The Balaban J connectivity index is 1.94. The molecule has 20 heavy (non-hydrogen) atoms. The van der Waals surface area contributed by atoms with Gasteiger partial charge in [-0.1, -0.05) is 11.6 Å². The molecule has 0 radical (unpaired) electrons. The van der Waals surface area contributed by atoms with Crippen molar-refractivity contribution in [3.8, 4) is 17.1 Å². The molecule has 1 aromatic carbocycles. The Morgan fingerprint density at radius 1 is 1.45 bits per heavy atom. The van der Waals surface area contributed by atoms with Gasteiger partial charge in [0.2, 0.25) is 11.7 Å². The largest absolute Gasteiger partial charge is 0.494 e. The lowest BCUT2D eigenvalue weighted by molar-refractivity contribution is 0.182. The van der Waals surface area contributed by atoms with E-state index in [0.29, 0.717) is 23.8 Å². The van der Waals surface area contributed by atoms with Crippen molar-refractivity contribution in [2.24, 2.45) is 5.73 Å². The fourth-order valence-corrected chi connectivity index (χ4v) is 2.46. The van der Waals surface area contributed by atoms with Crippen LogP contribution in [0.25, 0.3) is 11.4 Å². The summed E-state index contributed by atoms with van der Waals surface area (Å²) in [4.78, 5) is 4.41. The van der Waals surface area contributed by atoms with Gasteiger partial charge in [0.05, 0.1) is 12.5 Å². The second kappa shape index (κ2) is 4.86. The van der Waals surface area contributed by atoms with Gasteiger partial charge >= 0.3 is 0 Å². The van der Waals surface area contributed by atoms with E-state index in [2.05, 4.69) is 10.1 Å². The number of ether oxygens (including phenoxy) is 1. The van der Waals surface area contributed by atoms with Crippen LogP contribution >= 0.6 is 0 Å². The van der Waals surface area contributed by atoms with Crippen molar-refractivity contribution < 1.29 is 13.7 Å². The molecule has 0 saturated heterocycles. The first-order valence-electron chi connectivity index (χ1n) is 6.57. The van der Waals surface area contributed by atoms with Gasteiger partial charge in [-0.15, -0.1) is 0 Å². The minimum atomic E-state index is -0.419. The fourth-order valence-electron chi connectivity index (χ4n) is 2.46. The van der Waals surface area contributed by atoms with Crippen LogP contribution in [-0.2, 0) is 5.41 Å². The van der Waals surface area contributed by atoms with Gasteiger partial charge in [-0.05, 0) is 31.0 Å². The topological polar surface area (TPSA) is 74.2 Å². The predicted octanol–water partition coefficient (Wildman–Crippen LogP) is 2.26. The summed E-state index contributed by atoms with van der Waals surface area (Å²) in [7, 11) is 1.42. The van der Waals surface area contributed by atoms with Crippen molar-refractivity contribution in [1.29, 1.82) is 0 Å². The van der Waals surface area contributed by atoms with Crippen LogP contribution in [-0.4, -0.2) is 23.8 Å². The molecule has 1 aromatic heterocycles. The first kappa shape index (κ1) is 13.1. The van der Waals surface area contributed by atoms with Gasteiger partial charge in [0, 0.05) is 12.1 Å².